The van der Waals surface area contributed by atoms with Crippen LogP contribution in [-0.4, -0.2) is 60.0 Å². The van der Waals surface area contributed by atoms with Gasteiger partial charge in [-0.05, 0) is 62.1 Å². The third-order valence-corrected chi connectivity index (χ3v) is 5.85. The van der Waals surface area contributed by atoms with E-state index in [1.807, 2.05) is 18.9 Å². The van der Waals surface area contributed by atoms with Crippen LogP contribution in [0.25, 0.3) is 0 Å². The molecule has 1 aliphatic rings. The molecule has 0 bridgehead atoms. The number of halogens is 2. The zero-order chi connectivity index (χ0) is 21.8. The molecule has 0 aromatic heterocycles. The second kappa shape index (κ2) is 9.75. The number of piperazine rings is 1. The van der Waals surface area contributed by atoms with Crippen molar-refractivity contribution in [2.45, 2.75) is 6.92 Å². The summed E-state index contributed by atoms with van der Waals surface area (Å²) in [6.45, 7) is 4.88. The predicted molar refractivity (Wildman–Crippen MR) is 125 cm³/mol. The summed E-state index contributed by atoms with van der Waals surface area (Å²) in [4.78, 5) is 29.2. The van der Waals surface area contributed by atoms with E-state index < -0.39 is 5.91 Å². The van der Waals surface area contributed by atoms with Crippen molar-refractivity contribution in [1.29, 1.82) is 0 Å². The van der Waals surface area contributed by atoms with Gasteiger partial charge in [0.05, 0.1) is 10.7 Å². The van der Waals surface area contributed by atoms with Gasteiger partial charge < -0.3 is 15.1 Å². The third kappa shape index (κ3) is 5.49. The van der Waals surface area contributed by atoms with E-state index in [0.29, 0.717) is 39.9 Å². The molecule has 2 aromatic carbocycles. The van der Waals surface area contributed by atoms with Crippen LogP contribution in [0.3, 0.4) is 0 Å². The normalized spacial score (nSPS) is 14.3. The number of aryl methyl sites for hydroxylation is 1. The van der Waals surface area contributed by atoms with Gasteiger partial charge in [0.25, 0.3) is 11.8 Å². The Balaban J connectivity index is 1.67. The van der Waals surface area contributed by atoms with E-state index in [0.717, 1.165) is 18.7 Å². The molecule has 2 N–H and O–H groups in total. The number of nitrogens with one attached hydrogen (secondary N) is 2. The summed E-state index contributed by atoms with van der Waals surface area (Å²) in [5, 5.41) is 6.46. The highest BCUT2D eigenvalue weighted by Crippen LogP contribution is 2.24. The lowest BCUT2D eigenvalue weighted by Crippen LogP contribution is -2.47. The van der Waals surface area contributed by atoms with E-state index in [1.54, 1.807) is 36.4 Å². The topological polar surface area (TPSA) is 64.7 Å². The lowest BCUT2D eigenvalue weighted by molar-refractivity contribution is 0.0664. The Labute approximate surface area is 191 Å². The SMILES string of the molecule is Cc1ccc(C(=O)NC(=S)Nc2cc(C(=O)N3CCN(C)CC3)ccc2Cl)cc1Cl. The number of benzene rings is 2. The molecular formula is C21H22Cl2N4O2S. The van der Waals surface area contributed by atoms with Crippen molar-refractivity contribution in [2.75, 3.05) is 38.5 Å². The van der Waals surface area contributed by atoms with E-state index in [2.05, 4.69) is 15.5 Å². The Morgan fingerprint density at radius 3 is 2.30 bits per heavy atom. The Bertz CT molecular complexity index is 991. The number of nitrogens with zero attached hydrogens (tertiary/aromatic N) is 2. The lowest BCUT2D eigenvalue weighted by Gasteiger charge is -2.32. The van der Waals surface area contributed by atoms with Gasteiger partial charge in [-0.2, -0.15) is 0 Å². The Hall–Kier alpha value is -2.19. The van der Waals surface area contributed by atoms with Crippen molar-refractivity contribution in [3.8, 4) is 0 Å². The van der Waals surface area contributed by atoms with Gasteiger partial charge in [-0.25, -0.2) is 0 Å². The van der Waals surface area contributed by atoms with Gasteiger partial charge in [0, 0.05) is 42.3 Å². The molecule has 0 unspecified atom stereocenters. The molecule has 3 rings (SSSR count). The van der Waals surface area contributed by atoms with E-state index in [4.69, 9.17) is 35.4 Å². The molecule has 6 nitrogen and oxygen atoms in total. The summed E-state index contributed by atoms with van der Waals surface area (Å²) in [5.74, 6) is -0.456. The van der Waals surface area contributed by atoms with Crippen LogP contribution in [0.5, 0.6) is 0 Å². The molecule has 9 heteroatoms. The molecule has 0 radical (unpaired) electrons. The second-order valence-electron chi connectivity index (χ2n) is 7.16. The fourth-order valence-electron chi connectivity index (χ4n) is 3.01. The summed E-state index contributed by atoms with van der Waals surface area (Å²) in [7, 11) is 2.03. The molecule has 2 aromatic rings. The van der Waals surface area contributed by atoms with Gasteiger partial charge in [0.15, 0.2) is 5.11 Å². The molecule has 0 atom stereocenters. The fraction of sp³-hybridized carbons (Fsp3) is 0.286. The summed E-state index contributed by atoms with van der Waals surface area (Å²) < 4.78 is 0. The van der Waals surface area contributed by atoms with Gasteiger partial charge in [-0.15, -0.1) is 0 Å². The van der Waals surface area contributed by atoms with E-state index in [-0.39, 0.29) is 11.0 Å². The monoisotopic (exact) mass is 464 g/mol. The number of rotatable bonds is 3. The fourth-order valence-corrected chi connectivity index (χ4v) is 3.56. The molecule has 0 saturated carbocycles. The number of amides is 2. The molecular weight excluding hydrogens is 443 g/mol. The lowest BCUT2D eigenvalue weighted by atomic mass is 10.1. The highest BCUT2D eigenvalue weighted by Gasteiger charge is 2.21. The summed E-state index contributed by atoms with van der Waals surface area (Å²) in [6, 6.07) is 9.97. The van der Waals surface area contributed by atoms with Crippen molar-refractivity contribution >= 4 is 58.0 Å². The molecule has 30 heavy (non-hydrogen) atoms. The molecule has 1 saturated heterocycles. The van der Waals surface area contributed by atoms with Crippen LogP contribution >= 0.6 is 35.4 Å². The Kier molecular flexibility index (Phi) is 7.31. The second-order valence-corrected chi connectivity index (χ2v) is 8.38. The first-order chi connectivity index (χ1) is 14.2. The first-order valence-electron chi connectivity index (χ1n) is 9.40. The standard InChI is InChI=1S/C21H22Cl2N4O2S/c1-13-3-4-14(11-17(13)23)19(28)25-21(30)24-18-12-15(5-6-16(18)22)20(29)27-9-7-26(2)8-10-27/h3-6,11-12H,7-10H2,1-2H3,(H2,24,25,28,30). The first kappa shape index (κ1) is 22.5. The molecule has 1 fully saturated rings. The minimum absolute atomic E-state index is 0.0629. The quantitative estimate of drug-likeness (QED) is 0.675. The summed E-state index contributed by atoms with van der Waals surface area (Å²) in [6.07, 6.45) is 0. The number of likely N-dealkylation sites (N-methyl/N-ethyl adjacent to an activating group) is 1. The third-order valence-electron chi connectivity index (χ3n) is 4.91. The van der Waals surface area contributed by atoms with Gasteiger partial charge in [0.2, 0.25) is 0 Å². The van der Waals surface area contributed by atoms with Crippen molar-refractivity contribution in [3.05, 3.63) is 63.1 Å². The summed E-state index contributed by atoms with van der Waals surface area (Å²) >= 11 is 17.6. The van der Waals surface area contributed by atoms with Crippen molar-refractivity contribution < 1.29 is 9.59 Å². The van der Waals surface area contributed by atoms with E-state index in [1.165, 1.54) is 0 Å². The van der Waals surface area contributed by atoms with Crippen LogP contribution in [0.4, 0.5) is 5.69 Å². The predicted octanol–water partition coefficient (Wildman–Crippen LogP) is 3.82. The highest BCUT2D eigenvalue weighted by molar-refractivity contribution is 7.80. The van der Waals surface area contributed by atoms with Crippen molar-refractivity contribution in [2.24, 2.45) is 0 Å². The number of thiocarbonyl (C=S) groups is 1. The maximum Gasteiger partial charge on any atom is 0.257 e. The van der Waals surface area contributed by atoms with Gasteiger partial charge in [-0.1, -0.05) is 29.3 Å². The smallest absolute Gasteiger partial charge is 0.257 e. The molecule has 0 aliphatic carbocycles. The minimum atomic E-state index is -0.393. The number of anilines is 1. The van der Waals surface area contributed by atoms with Crippen LogP contribution in [-0.2, 0) is 0 Å². The molecule has 1 aliphatic heterocycles. The maximum absolute atomic E-state index is 12.8. The molecule has 2 amide bonds. The van der Waals surface area contributed by atoms with Gasteiger partial charge >= 0.3 is 0 Å². The Morgan fingerprint density at radius 1 is 0.967 bits per heavy atom. The average Bonchev–Trinajstić information content (AvgIpc) is 2.71. The first-order valence-corrected chi connectivity index (χ1v) is 10.6. The average molecular weight is 465 g/mol. The van der Waals surface area contributed by atoms with Crippen molar-refractivity contribution in [1.82, 2.24) is 15.1 Å². The zero-order valence-electron chi connectivity index (χ0n) is 16.7. The number of carbonyl (C=O) groups is 2. The van der Waals surface area contributed by atoms with Crippen LogP contribution < -0.4 is 10.6 Å². The molecule has 1 heterocycles. The molecule has 158 valence electrons. The van der Waals surface area contributed by atoms with Crippen LogP contribution in [0, 0.1) is 6.92 Å². The molecule has 0 spiro atoms. The van der Waals surface area contributed by atoms with Crippen LogP contribution in [0.1, 0.15) is 26.3 Å². The van der Waals surface area contributed by atoms with Crippen LogP contribution in [0.2, 0.25) is 10.0 Å². The van der Waals surface area contributed by atoms with Gasteiger partial charge in [0.1, 0.15) is 0 Å². The van der Waals surface area contributed by atoms with Crippen LogP contribution in [0.15, 0.2) is 36.4 Å². The highest BCUT2D eigenvalue weighted by atomic mass is 35.5. The number of hydrogen-bond donors (Lipinski definition) is 2. The Morgan fingerprint density at radius 2 is 1.63 bits per heavy atom. The number of carbonyl (C=O) groups excluding carboxylic acids is 2. The zero-order valence-corrected chi connectivity index (χ0v) is 19.0. The minimum Gasteiger partial charge on any atom is -0.336 e. The van der Waals surface area contributed by atoms with E-state index >= 15 is 0 Å². The summed E-state index contributed by atoms with van der Waals surface area (Å²) in [5.41, 5.74) is 2.22. The largest absolute Gasteiger partial charge is 0.336 e. The maximum atomic E-state index is 12.8. The van der Waals surface area contributed by atoms with Gasteiger partial charge in [-0.3, -0.25) is 14.9 Å². The van der Waals surface area contributed by atoms with Crippen molar-refractivity contribution in [3.63, 3.8) is 0 Å². The van der Waals surface area contributed by atoms with E-state index in [9.17, 15) is 9.59 Å². The number of hydrogen-bond acceptors (Lipinski definition) is 4.